The molecule has 6 nitrogen and oxygen atoms in total. The molecule has 0 saturated heterocycles. The van der Waals surface area contributed by atoms with Crippen LogP contribution in [-0.2, 0) is 11.3 Å². The second-order valence-electron chi connectivity index (χ2n) is 6.31. The van der Waals surface area contributed by atoms with Gasteiger partial charge in [-0.3, -0.25) is 5.10 Å². The largest absolute Gasteiger partial charge is 0.490 e. The van der Waals surface area contributed by atoms with Crippen molar-refractivity contribution in [1.29, 1.82) is 0 Å². The van der Waals surface area contributed by atoms with Crippen LogP contribution in [0.5, 0.6) is 0 Å². The Morgan fingerprint density at radius 3 is 2.27 bits per heavy atom. The van der Waals surface area contributed by atoms with E-state index in [0.717, 1.165) is 30.8 Å². The smallest absolute Gasteiger partial charge is 0.475 e. The molecule has 160 valence electrons. The average Bonchev–Trinajstić information content (AvgIpc) is 3.26. The molecule has 0 amide bonds. The Bertz CT molecular complexity index is 928. The lowest BCUT2D eigenvalue weighted by Gasteiger charge is -2.08. The Labute approximate surface area is 171 Å². The summed E-state index contributed by atoms with van der Waals surface area (Å²) in [4.78, 5) is 8.90. The Hall–Kier alpha value is -3.17. The Morgan fingerprint density at radius 1 is 1.03 bits per heavy atom. The zero-order valence-corrected chi connectivity index (χ0v) is 16.0. The van der Waals surface area contributed by atoms with Gasteiger partial charge in [0.25, 0.3) is 0 Å². The minimum Gasteiger partial charge on any atom is -0.475 e. The maximum Gasteiger partial charge on any atom is 0.490 e. The number of H-pyrrole nitrogens is 1. The molecule has 0 saturated carbocycles. The molecule has 0 unspecified atom stereocenters. The van der Waals surface area contributed by atoms with Gasteiger partial charge < -0.3 is 15.5 Å². The number of hydrogen-bond acceptors (Lipinski definition) is 4. The molecular formula is C21H22F3N3O3. The van der Waals surface area contributed by atoms with Crippen molar-refractivity contribution in [3.8, 4) is 22.4 Å². The summed E-state index contributed by atoms with van der Waals surface area (Å²) in [5.74, 6) is -2.76. The van der Waals surface area contributed by atoms with Crippen molar-refractivity contribution in [1.82, 2.24) is 15.5 Å². The highest BCUT2D eigenvalue weighted by atomic mass is 19.4. The van der Waals surface area contributed by atoms with Crippen LogP contribution in [0.15, 0.2) is 60.8 Å². The van der Waals surface area contributed by atoms with E-state index in [-0.39, 0.29) is 6.61 Å². The summed E-state index contributed by atoms with van der Waals surface area (Å²) in [6.07, 6.45) is -2.54. The molecule has 3 aromatic rings. The molecule has 3 rings (SSSR count). The number of aromatic nitrogens is 2. The summed E-state index contributed by atoms with van der Waals surface area (Å²) < 4.78 is 31.7. The number of carboxylic acids is 1. The predicted molar refractivity (Wildman–Crippen MR) is 107 cm³/mol. The first-order chi connectivity index (χ1) is 14.3. The van der Waals surface area contributed by atoms with Gasteiger partial charge in [0.15, 0.2) is 0 Å². The first-order valence-corrected chi connectivity index (χ1v) is 9.12. The van der Waals surface area contributed by atoms with Crippen molar-refractivity contribution in [2.45, 2.75) is 19.1 Å². The fourth-order valence-corrected chi connectivity index (χ4v) is 2.58. The molecule has 9 heteroatoms. The van der Waals surface area contributed by atoms with E-state index in [1.165, 1.54) is 16.7 Å². The van der Waals surface area contributed by atoms with E-state index in [9.17, 15) is 13.2 Å². The van der Waals surface area contributed by atoms with Crippen molar-refractivity contribution in [3.05, 3.63) is 66.4 Å². The van der Waals surface area contributed by atoms with E-state index >= 15 is 0 Å². The van der Waals surface area contributed by atoms with Crippen LogP contribution in [-0.4, -0.2) is 45.7 Å². The van der Waals surface area contributed by atoms with Gasteiger partial charge in [-0.2, -0.15) is 18.3 Å². The maximum absolute atomic E-state index is 10.6. The van der Waals surface area contributed by atoms with Gasteiger partial charge in [-0.05, 0) is 47.9 Å². The number of aromatic amines is 1. The summed E-state index contributed by atoms with van der Waals surface area (Å²) in [6.45, 7) is 1.87. The lowest BCUT2D eigenvalue weighted by molar-refractivity contribution is -0.192. The molecule has 30 heavy (non-hydrogen) atoms. The highest BCUT2D eigenvalue weighted by Crippen LogP contribution is 2.25. The number of halogens is 3. The molecular weight excluding hydrogens is 399 g/mol. The van der Waals surface area contributed by atoms with Crippen molar-refractivity contribution in [3.63, 3.8) is 0 Å². The van der Waals surface area contributed by atoms with Crippen LogP contribution >= 0.6 is 0 Å². The second kappa shape index (κ2) is 11.1. The minimum absolute atomic E-state index is 0.230. The van der Waals surface area contributed by atoms with Gasteiger partial charge in [-0.25, -0.2) is 4.79 Å². The number of nitrogens with zero attached hydrogens (tertiary/aromatic N) is 1. The normalized spacial score (nSPS) is 10.9. The van der Waals surface area contributed by atoms with E-state index in [0.29, 0.717) is 0 Å². The predicted octanol–water partition coefficient (Wildman–Crippen LogP) is 3.85. The zero-order valence-electron chi connectivity index (χ0n) is 16.0. The van der Waals surface area contributed by atoms with Crippen LogP contribution in [0.25, 0.3) is 22.4 Å². The van der Waals surface area contributed by atoms with E-state index in [1.54, 1.807) is 6.20 Å². The fourth-order valence-electron chi connectivity index (χ4n) is 2.58. The van der Waals surface area contributed by atoms with Crippen molar-refractivity contribution in [2.24, 2.45) is 0 Å². The third kappa shape index (κ3) is 7.34. The van der Waals surface area contributed by atoms with Crippen molar-refractivity contribution < 1.29 is 28.2 Å². The minimum atomic E-state index is -5.08. The van der Waals surface area contributed by atoms with Crippen molar-refractivity contribution in [2.75, 3.05) is 13.2 Å². The van der Waals surface area contributed by atoms with Gasteiger partial charge in [-0.15, -0.1) is 0 Å². The number of aliphatic carboxylic acids is 1. The summed E-state index contributed by atoms with van der Waals surface area (Å²) in [5, 5.41) is 26.3. The number of rotatable bonds is 7. The lowest BCUT2D eigenvalue weighted by atomic mass is 10.00. The van der Waals surface area contributed by atoms with E-state index in [1.807, 2.05) is 6.07 Å². The van der Waals surface area contributed by atoms with Gasteiger partial charge in [0.05, 0.1) is 5.69 Å². The lowest BCUT2D eigenvalue weighted by Crippen LogP contribution is -2.21. The maximum atomic E-state index is 10.6. The first kappa shape index (κ1) is 23.1. The fraction of sp³-hybridized carbons (Fsp3) is 0.238. The standard InChI is InChI=1S/C19H21N3O.C2HF3O2/c23-11-3-9-20-14-15-4-1-5-16(12-15)17-6-2-7-18(13-17)19-8-10-21-22-19;3-2(4,5)1(6)7/h1-2,4-8,10,12-13,20,23H,3,9,11,14H2,(H,21,22);(H,6,7). The van der Waals surface area contributed by atoms with Crippen LogP contribution in [0.3, 0.4) is 0 Å². The molecule has 0 radical (unpaired) electrons. The SMILES string of the molecule is O=C(O)C(F)(F)F.OCCCNCc1cccc(-c2cccc(-c3ccn[nH]3)c2)c1. The molecule has 0 aliphatic rings. The van der Waals surface area contributed by atoms with E-state index in [4.69, 9.17) is 15.0 Å². The third-order valence-corrected chi connectivity index (χ3v) is 4.02. The molecule has 1 heterocycles. The van der Waals surface area contributed by atoms with Gasteiger partial charge in [0, 0.05) is 24.9 Å². The second-order valence-corrected chi connectivity index (χ2v) is 6.31. The third-order valence-electron chi connectivity index (χ3n) is 4.02. The average molecular weight is 421 g/mol. The number of carboxylic acid groups (broad SMARTS) is 1. The van der Waals surface area contributed by atoms with E-state index in [2.05, 4.69) is 64.0 Å². The van der Waals surface area contributed by atoms with Crippen molar-refractivity contribution >= 4 is 5.97 Å². The Balaban J connectivity index is 0.000000396. The molecule has 4 N–H and O–H groups in total. The molecule has 0 aliphatic heterocycles. The first-order valence-electron chi connectivity index (χ1n) is 9.12. The van der Waals surface area contributed by atoms with Crippen LogP contribution < -0.4 is 5.32 Å². The zero-order chi connectivity index (χ0) is 22.0. The molecule has 2 aromatic carbocycles. The Morgan fingerprint density at radius 2 is 1.67 bits per heavy atom. The topological polar surface area (TPSA) is 98.2 Å². The molecule has 0 bridgehead atoms. The molecule has 0 atom stereocenters. The number of hydrogen-bond donors (Lipinski definition) is 4. The Kier molecular flexibility index (Phi) is 8.57. The number of aliphatic hydroxyl groups is 1. The van der Waals surface area contributed by atoms with Gasteiger partial charge in [0.1, 0.15) is 0 Å². The summed E-state index contributed by atoms with van der Waals surface area (Å²) in [5.41, 5.74) is 5.79. The number of aliphatic hydroxyl groups excluding tert-OH is 1. The molecule has 0 aliphatic carbocycles. The van der Waals surface area contributed by atoms with Gasteiger partial charge in [0.2, 0.25) is 0 Å². The van der Waals surface area contributed by atoms with Gasteiger partial charge in [-0.1, -0.05) is 36.4 Å². The molecule has 1 aromatic heterocycles. The number of benzene rings is 2. The molecule has 0 fully saturated rings. The quantitative estimate of drug-likeness (QED) is 0.435. The van der Waals surface area contributed by atoms with Crippen LogP contribution in [0.4, 0.5) is 13.2 Å². The number of nitrogens with one attached hydrogen (secondary N) is 2. The van der Waals surface area contributed by atoms with Gasteiger partial charge >= 0.3 is 12.1 Å². The van der Waals surface area contributed by atoms with Crippen LogP contribution in [0.2, 0.25) is 0 Å². The van der Waals surface area contributed by atoms with E-state index < -0.39 is 12.1 Å². The van der Waals surface area contributed by atoms with Crippen LogP contribution in [0.1, 0.15) is 12.0 Å². The molecule has 0 spiro atoms. The number of alkyl halides is 3. The highest BCUT2D eigenvalue weighted by molar-refractivity contribution is 5.73. The van der Waals surface area contributed by atoms with Crippen LogP contribution in [0, 0.1) is 0 Å². The summed E-state index contributed by atoms with van der Waals surface area (Å²) in [6, 6.07) is 19.0. The summed E-state index contributed by atoms with van der Waals surface area (Å²) in [7, 11) is 0. The highest BCUT2D eigenvalue weighted by Gasteiger charge is 2.38. The number of carbonyl (C=O) groups is 1. The summed E-state index contributed by atoms with van der Waals surface area (Å²) >= 11 is 0. The monoisotopic (exact) mass is 421 g/mol.